The molecule has 1 heterocycles. The molecular formula is C33H47NO10. The lowest BCUT2D eigenvalue weighted by Crippen LogP contribution is -2.79. The molecule has 3 N–H and O–H groups in total. The van der Waals surface area contributed by atoms with Gasteiger partial charge in [0.15, 0.2) is 0 Å². The van der Waals surface area contributed by atoms with E-state index in [0.717, 1.165) is 0 Å². The molecule has 1 saturated heterocycles. The van der Waals surface area contributed by atoms with Crippen molar-refractivity contribution < 1.29 is 48.5 Å². The molecule has 0 aromatic heterocycles. The lowest BCUT2D eigenvalue weighted by atomic mass is 9.42. The number of carbonyl (C=O) groups excluding carboxylic acids is 1. The zero-order chi connectivity index (χ0) is 31.4. The summed E-state index contributed by atoms with van der Waals surface area (Å²) in [6.07, 6.45) is -2.51. The molecule has 5 aliphatic carbocycles. The fourth-order valence-corrected chi connectivity index (χ4v) is 12.0. The SMILES string of the molecule is CCN1C[C@]2(COC)[C@H](O)C[C@H](OC)[C@@]34[C@@H]5C[C@]6(O)[C@@H](OC)C[C@](O)(C([C@H](OC)[C@H]23)[C@@H]14)[C@H]5[C@H]6OC(=O)c1ccc(OC)cc1. The van der Waals surface area contributed by atoms with Crippen molar-refractivity contribution in [1.29, 1.82) is 0 Å². The smallest absolute Gasteiger partial charge is 0.338 e. The normalized spacial score (nSPS) is 50.0. The Morgan fingerprint density at radius 2 is 1.66 bits per heavy atom. The van der Waals surface area contributed by atoms with E-state index in [0.29, 0.717) is 37.4 Å². The first-order valence-electron chi connectivity index (χ1n) is 15.9. The number of hydrogen-bond acceptors (Lipinski definition) is 11. The van der Waals surface area contributed by atoms with Crippen molar-refractivity contribution in [2.45, 2.75) is 73.9 Å². The summed E-state index contributed by atoms with van der Waals surface area (Å²) in [5.41, 5.74) is -3.92. The lowest BCUT2D eigenvalue weighted by Gasteiger charge is -2.70. The third-order valence-electron chi connectivity index (χ3n) is 13.1. The molecule has 7 bridgehead atoms. The Labute approximate surface area is 258 Å². The van der Waals surface area contributed by atoms with Crippen LogP contribution in [0.4, 0.5) is 0 Å². The summed E-state index contributed by atoms with van der Waals surface area (Å²) in [4.78, 5) is 16.1. The number of likely N-dealkylation sites (tertiary alicyclic amines) is 1. The molecule has 6 aliphatic rings. The summed E-state index contributed by atoms with van der Waals surface area (Å²) in [7, 11) is 8.13. The Morgan fingerprint density at radius 1 is 0.955 bits per heavy atom. The first-order valence-corrected chi connectivity index (χ1v) is 15.9. The van der Waals surface area contributed by atoms with Crippen LogP contribution >= 0.6 is 0 Å². The maximum absolute atomic E-state index is 13.7. The molecule has 1 unspecified atom stereocenters. The van der Waals surface area contributed by atoms with Gasteiger partial charge in [-0.25, -0.2) is 4.79 Å². The van der Waals surface area contributed by atoms with Crippen LogP contribution in [0.2, 0.25) is 0 Å². The van der Waals surface area contributed by atoms with Gasteiger partial charge in [-0.3, -0.25) is 4.90 Å². The Morgan fingerprint density at radius 3 is 2.25 bits per heavy atom. The summed E-state index contributed by atoms with van der Waals surface area (Å²) in [5, 5.41) is 37.7. The van der Waals surface area contributed by atoms with Crippen LogP contribution in [0.5, 0.6) is 5.75 Å². The fourth-order valence-electron chi connectivity index (χ4n) is 12.0. The van der Waals surface area contributed by atoms with E-state index in [1.54, 1.807) is 52.7 Å². The number of carbonyl (C=O) groups is 1. The Balaban J connectivity index is 1.42. The van der Waals surface area contributed by atoms with E-state index in [4.69, 9.17) is 28.4 Å². The average Bonchev–Trinajstić information content (AvgIpc) is 3.41. The third-order valence-corrected chi connectivity index (χ3v) is 13.1. The van der Waals surface area contributed by atoms with Crippen LogP contribution in [0, 0.1) is 34.5 Å². The number of aliphatic hydroxyl groups is 3. The minimum Gasteiger partial charge on any atom is -0.497 e. The molecule has 1 aromatic carbocycles. The molecule has 0 radical (unpaired) electrons. The number of ether oxygens (including phenoxy) is 6. The monoisotopic (exact) mass is 617 g/mol. The number of hydrogen-bond donors (Lipinski definition) is 3. The van der Waals surface area contributed by atoms with Gasteiger partial charge in [0.25, 0.3) is 0 Å². The summed E-state index contributed by atoms with van der Waals surface area (Å²) in [5.74, 6) is -1.54. The number of benzene rings is 1. The van der Waals surface area contributed by atoms with Crippen molar-refractivity contribution in [2.24, 2.45) is 34.5 Å². The van der Waals surface area contributed by atoms with E-state index in [2.05, 4.69) is 11.8 Å². The molecule has 0 amide bonds. The molecule has 44 heavy (non-hydrogen) atoms. The summed E-state index contributed by atoms with van der Waals surface area (Å²) in [6.45, 7) is 3.73. The molecule has 1 aliphatic heterocycles. The van der Waals surface area contributed by atoms with E-state index in [1.165, 1.54) is 7.11 Å². The molecule has 6 fully saturated rings. The average molecular weight is 618 g/mol. The number of nitrogens with zero attached hydrogens (tertiary/aromatic N) is 1. The van der Waals surface area contributed by atoms with Gasteiger partial charge in [0, 0.05) is 82.5 Å². The van der Waals surface area contributed by atoms with Crippen LogP contribution in [0.3, 0.4) is 0 Å². The molecule has 14 atom stereocenters. The molecule has 1 aromatic rings. The van der Waals surface area contributed by atoms with Gasteiger partial charge in [0.2, 0.25) is 0 Å². The van der Waals surface area contributed by atoms with Crippen molar-refractivity contribution in [2.75, 3.05) is 55.2 Å². The van der Waals surface area contributed by atoms with Gasteiger partial charge in [-0.1, -0.05) is 6.92 Å². The van der Waals surface area contributed by atoms with Crippen LogP contribution in [-0.4, -0.2) is 129 Å². The van der Waals surface area contributed by atoms with E-state index in [-0.39, 0.29) is 36.8 Å². The summed E-state index contributed by atoms with van der Waals surface area (Å²) >= 11 is 0. The van der Waals surface area contributed by atoms with Gasteiger partial charge in [0.05, 0.1) is 49.3 Å². The number of esters is 1. The van der Waals surface area contributed by atoms with Gasteiger partial charge < -0.3 is 43.7 Å². The first-order chi connectivity index (χ1) is 21.1. The number of methoxy groups -OCH3 is 5. The minimum atomic E-state index is -1.54. The highest BCUT2D eigenvalue weighted by molar-refractivity contribution is 5.89. The standard InChI is InChI=1S/C33H47NO10/c1-7-34-15-30(16-39-2)20(35)12-21(41-4)33-19-13-31(37)22(42-5)14-32(38,24(27(33)34)25(43-6)26(30)33)23(19)28(31)44-29(36)17-8-10-18(40-3)11-9-17/h8-11,19-28,35,37-38H,7,12-16H2,1-6H3/t19-,20-,21+,22+,23-,24?,25+,26-,27-,28-,30+,31+,32-,33+/m1/s1. The molecule has 5 saturated carbocycles. The lowest BCUT2D eigenvalue weighted by molar-refractivity contribution is -0.298. The summed E-state index contributed by atoms with van der Waals surface area (Å²) < 4.78 is 36.2. The molecule has 11 nitrogen and oxygen atoms in total. The first kappa shape index (κ1) is 30.8. The van der Waals surface area contributed by atoms with Crippen LogP contribution in [0.25, 0.3) is 0 Å². The quantitative estimate of drug-likeness (QED) is 0.344. The predicted molar refractivity (Wildman–Crippen MR) is 156 cm³/mol. The van der Waals surface area contributed by atoms with Crippen LogP contribution in [0.15, 0.2) is 24.3 Å². The van der Waals surface area contributed by atoms with Crippen LogP contribution < -0.4 is 4.74 Å². The van der Waals surface area contributed by atoms with Crippen LogP contribution in [-0.2, 0) is 23.7 Å². The second kappa shape index (κ2) is 10.3. The molecule has 7 rings (SSSR count). The maximum Gasteiger partial charge on any atom is 0.338 e. The molecule has 11 heteroatoms. The van der Waals surface area contributed by atoms with Crippen molar-refractivity contribution in [3.05, 3.63) is 29.8 Å². The van der Waals surface area contributed by atoms with Crippen molar-refractivity contribution in [3.63, 3.8) is 0 Å². The van der Waals surface area contributed by atoms with E-state index >= 15 is 0 Å². The zero-order valence-corrected chi connectivity index (χ0v) is 26.5. The highest BCUT2D eigenvalue weighted by Gasteiger charge is 2.89. The summed E-state index contributed by atoms with van der Waals surface area (Å²) in [6, 6.07) is 6.50. The van der Waals surface area contributed by atoms with E-state index < -0.39 is 64.3 Å². The van der Waals surface area contributed by atoms with Gasteiger partial charge >= 0.3 is 5.97 Å². The number of rotatable bonds is 9. The Bertz CT molecular complexity index is 1280. The molecule has 1 spiro atoms. The van der Waals surface area contributed by atoms with Gasteiger partial charge in [-0.15, -0.1) is 0 Å². The topological polar surface area (TPSA) is 136 Å². The third kappa shape index (κ3) is 3.48. The van der Waals surface area contributed by atoms with Crippen molar-refractivity contribution >= 4 is 5.97 Å². The number of fused-ring (bicyclic) bond motifs is 2. The Kier molecular flexibility index (Phi) is 7.24. The predicted octanol–water partition coefficient (Wildman–Crippen LogP) is 1.12. The number of aliphatic hydroxyl groups excluding tert-OH is 1. The Hall–Kier alpha value is -1.83. The van der Waals surface area contributed by atoms with Gasteiger partial charge in [0.1, 0.15) is 17.5 Å². The van der Waals surface area contributed by atoms with E-state index in [1.807, 2.05) is 0 Å². The van der Waals surface area contributed by atoms with Crippen molar-refractivity contribution in [3.8, 4) is 5.75 Å². The second-order valence-corrected chi connectivity index (χ2v) is 14.2. The number of piperidine rings is 1. The highest BCUT2D eigenvalue weighted by atomic mass is 16.6. The zero-order valence-electron chi connectivity index (χ0n) is 26.5. The second-order valence-electron chi connectivity index (χ2n) is 14.2. The molecule has 244 valence electrons. The minimum absolute atomic E-state index is 0.146. The van der Waals surface area contributed by atoms with Crippen molar-refractivity contribution in [1.82, 2.24) is 4.90 Å². The highest BCUT2D eigenvalue weighted by Crippen LogP contribution is 2.80. The molecular weight excluding hydrogens is 570 g/mol. The largest absolute Gasteiger partial charge is 0.497 e. The maximum atomic E-state index is 13.7. The van der Waals surface area contributed by atoms with Gasteiger partial charge in [-0.05, 0) is 43.1 Å². The van der Waals surface area contributed by atoms with Crippen LogP contribution in [0.1, 0.15) is 36.5 Å². The fraction of sp³-hybridized carbons (Fsp3) is 0.788. The van der Waals surface area contributed by atoms with Gasteiger partial charge in [-0.2, -0.15) is 0 Å². The van der Waals surface area contributed by atoms with E-state index in [9.17, 15) is 20.1 Å².